The molecule has 2 nitrogen and oxygen atoms in total. The van der Waals surface area contributed by atoms with E-state index in [-0.39, 0.29) is 6.61 Å². The van der Waals surface area contributed by atoms with Crippen molar-refractivity contribution in [3.05, 3.63) is 66.1 Å². The van der Waals surface area contributed by atoms with Gasteiger partial charge >= 0.3 is 0 Å². The second-order valence-electron chi connectivity index (χ2n) is 3.79. The minimum atomic E-state index is -2.31. The van der Waals surface area contributed by atoms with Gasteiger partial charge in [0.1, 0.15) is 12.4 Å². The minimum absolute atomic E-state index is 0.155. The molecule has 0 amide bonds. The molecule has 2 aromatic rings. The largest absolute Gasteiger partial charge is 0.492 e. The van der Waals surface area contributed by atoms with E-state index in [0.29, 0.717) is 5.75 Å². The lowest BCUT2D eigenvalue weighted by atomic mass is 10.2. The molecule has 0 aliphatic heterocycles. The Bertz CT molecular complexity index is 723. The first-order valence-electron chi connectivity index (χ1n) is 9.18. The second-order valence-corrected chi connectivity index (χ2v) is 3.79. The predicted molar refractivity (Wildman–Crippen MR) is 74.7 cm³/mol. The maximum absolute atomic E-state index is 8.16. The van der Waals surface area contributed by atoms with E-state index in [0.717, 1.165) is 0 Å². The standard InChI is InChI=1S/C16H19NO/c1-14(13-18-16-10-6-3-7-11-16)17-12-15-8-4-2-5-9-15/h2-11,14,17H,12-13H2,1H3/i2D,4D,5D,8D,9D,12D2. The number of ether oxygens (including phenoxy) is 1. The van der Waals surface area contributed by atoms with Crippen molar-refractivity contribution in [2.24, 2.45) is 0 Å². The van der Waals surface area contributed by atoms with Crippen LogP contribution in [0.5, 0.6) is 5.75 Å². The van der Waals surface area contributed by atoms with Crippen LogP contribution in [0.4, 0.5) is 0 Å². The molecule has 0 aliphatic rings. The Balaban J connectivity index is 2.18. The first-order valence-corrected chi connectivity index (χ1v) is 5.68. The van der Waals surface area contributed by atoms with Crippen LogP contribution in [0.1, 0.15) is 22.1 Å². The summed E-state index contributed by atoms with van der Waals surface area (Å²) >= 11 is 0. The Morgan fingerprint density at radius 2 is 1.94 bits per heavy atom. The first kappa shape index (κ1) is 6.39. The summed E-state index contributed by atoms with van der Waals surface area (Å²) in [5, 5.41) is 2.64. The molecule has 0 saturated heterocycles. The summed E-state index contributed by atoms with van der Waals surface area (Å²) in [7, 11) is 0. The Morgan fingerprint density at radius 3 is 2.67 bits per heavy atom. The highest BCUT2D eigenvalue weighted by Crippen LogP contribution is 2.08. The van der Waals surface area contributed by atoms with Crippen molar-refractivity contribution in [2.45, 2.75) is 19.5 Å². The maximum atomic E-state index is 8.16. The van der Waals surface area contributed by atoms with E-state index in [1.807, 2.05) is 18.2 Å². The van der Waals surface area contributed by atoms with Gasteiger partial charge in [0.25, 0.3) is 0 Å². The summed E-state index contributed by atoms with van der Waals surface area (Å²) in [6.45, 7) is -0.467. The summed E-state index contributed by atoms with van der Waals surface area (Å²) in [6.07, 6.45) is 0. The summed E-state index contributed by atoms with van der Waals surface area (Å²) < 4.78 is 60.6. The maximum Gasteiger partial charge on any atom is 0.119 e. The number of hydrogen-bond donors (Lipinski definition) is 1. The third-order valence-corrected chi connectivity index (χ3v) is 2.19. The fourth-order valence-electron chi connectivity index (χ4n) is 1.29. The number of rotatable bonds is 6. The molecule has 0 spiro atoms. The smallest absolute Gasteiger partial charge is 0.119 e. The molecule has 2 heteroatoms. The number of benzene rings is 2. The van der Waals surface area contributed by atoms with Crippen LogP contribution in [-0.4, -0.2) is 12.6 Å². The normalized spacial score (nSPS) is 18.4. The molecule has 2 rings (SSSR count). The number of hydrogen-bond acceptors (Lipinski definition) is 2. The zero-order valence-electron chi connectivity index (χ0n) is 17.1. The number of nitrogens with one attached hydrogen (secondary N) is 1. The van der Waals surface area contributed by atoms with Crippen LogP contribution < -0.4 is 10.1 Å². The lowest BCUT2D eigenvalue weighted by Crippen LogP contribution is -2.31. The lowest BCUT2D eigenvalue weighted by molar-refractivity contribution is 0.272. The fraction of sp³-hybridized carbons (Fsp3) is 0.250. The van der Waals surface area contributed by atoms with E-state index in [9.17, 15) is 0 Å². The van der Waals surface area contributed by atoms with Crippen molar-refractivity contribution >= 4 is 0 Å². The molecule has 18 heavy (non-hydrogen) atoms. The van der Waals surface area contributed by atoms with Crippen LogP contribution in [0, 0.1) is 0 Å². The van der Waals surface area contributed by atoms with Gasteiger partial charge in [0.15, 0.2) is 0 Å². The van der Waals surface area contributed by atoms with Gasteiger partial charge in [-0.1, -0.05) is 48.4 Å². The zero-order chi connectivity index (χ0) is 18.8. The van der Waals surface area contributed by atoms with E-state index < -0.39 is 48.3 Å². The SMILES string of the molecule is [2H]c1c([2H])c([2H])c(C([2H])([2H])NC(C)COc2ccccc2)c([2H])c1[2H]. The molecular formula is C16H19NO. The molecule has 0 radical (unpaired) electrons. The van der Waals surface area contributed by atoms with E-state index in [4.69, 9.17) is 14.3 Å². The van der Waals surface area contributed by atoms with E-state index >= 15 is 0 Å². The van der Waals surface area contributed by atoms with Gasteiger partial charge in [-0.25, -0.2) is 0 Å². The van der Waals surface area contributed by atoms with Crippen LogP contribution in [-0.2, 0) is 6.50 Å². The Kier molecular flexibility index (Phi) is 2.42. The van der Waals surface area contributed by atoms with Gasteiger partial charge in [-0.05, 0) is 24.6 Å². The predicted octanol–water partition coefficient (Wildman–Crippen LogP) is 3.24. The Morgan fingerprint density at radius 1 is 1.22 bits per heavy atom. The third-order valence-electron chi connectivity index (χ3n) is 2.19. The zero-order valence-corrected chi connectivity index (χ0v) is 10.1. The molecule has 0 bridgehead atoms. The third kappa shape index (κ3) is 4.22. The second kappa shape index (κ2) is 6.82. The molecule has 2 aromatic carbocycles. The van der Waals surface area contributed by atoms with Gasteiger partial charge in [0, 0.05) is 15.3 Å². The monoisotopic (exact) mass is 248 g/mol. The van der Waals surface area contributed by atoms with Crippen LogP contribution in [0.25, 0.3) is 0 Å². The highest BCUT2D eigenvalue weighted by Gasteiger charge is 2.02. The van der Waals surface area contributed by atoms with Crippen molar-refractivity contribution in [1.82, 2.24) is 5.32 Å². The van der Waals surface area contributed by atoms with Gasteiger partial charge in [-0.3, -0.25) is 0 Å². The molecule has 0 heterocycles. The van der Waals surface area contributed by atoms with Crippen molar-refractivity contribution < 1.29 is 14.3 Å². The molecular weight excluding hydrogens is 222 g/mol. The van der Waals surface area contributed by atoms with Crippen LogP contribution in [0.3, 0.4) is 0 Å². The molecule has 1 atom stereocenters. The summed E-state index contributed by atoms with van der Waals surface area (Å²) in [5.74, 6) is 0.638. The van der Waals surface area contributed by atoms with E-state index in [2.05, 4.69) is 5.32 Å². The van der Waals surface area contributed by atoms with Crippen LogP contribution in [0.2, 0.25) is 0 Å². The molecule has 0 aromatic heterocycles. The van der Waals surface area contributed by atoms with Gasteiger partial charge in [0.05, 0.1) is 6.85 Å². The van der Waals surface area contributed by atoms with Crippen LogP contribution >= 0.6 is 0 Å². The average Bonchev–Trinajstić information content (AvgIpc) is 2.57. The highest BCUT2D eigenvalue weighted by molar-refractivity contribution is 5.21. The number of para-hydroxylation sites is 1. The Labute approximate surface area is 118 Å². The topological polar surface area (TPSA) is 21.3 Å². The summed E-state index contributed by atoms with van der Waals surface area (Å²) in [6, 6.07) is 5.80. The van der Waals surface area contributed by atoms with Crippen molar-refractivity contribution in [3.63, 3.8) is 0 Å². The fourth-order valence-corrected chi connectivity index (χ4v) is 1.29. The quantitative estimate of drug-likeness (QED) is 0.847. The van der Waals surface area contributed by atoms with Crippen LogP contribution in [0.15, 0.2) is 60.5 Å². The van der Waals surface area contributed by atoms with E-state index in [1.165, 1.54) is 0 Å². The van der Waals surface area contributed by atoms with E-state index in [1.54, 1.807) is 19.1 Å². The molecule has 0 fully saturated rings. The molecule has 0 aliphatic carbocycles. The van der Waals surface area contributed by atoms with Gasteiger partial charge in [-0.2, -0.15) is 0 Å². The molecule has 1 unspecified atom stereocenters. The van der Waals surface area contributed by atoms with Crippen molar-refractivity contribution in [3.8, 4) is 5.75 Å². The summed E-state index contributed by atoms with van der Waals surface area (Å²) in [4.78, 5) is 0. The minimum Gasteiger partial charge on any atom is -0.492 e. The van der Waals surface area contributed by atoms with Gasteiger partial charge in [0.2, 0.25) is 0 Å². The Hall–Kier alpha value is -1.80. The first-order chi connectivity index (χ1) is 11.6. The highest BCUT2D eigenvalue weighted by atomic mass is 16.5. The van der Waals surface area contributed by atoms with Crippen molar-refractivity contribution in [2.75, 3.05) is 6.61 Å². The average molecular weight is 248 g/mol. The molecule has 94 valence electrons. The van der Waals surface area contributed by atoms with Gasteiger partial charge < -0.3 is 10.1 Å². The molecule has 0 saturated carbocycles. The van der Waals surface area contributed by atoms with Gasteiger partial charge in [-0.15, -0.1) is 0 Å². The van der Waals surface area contributed by atoms with Crippen molar-refractivity contribution in [1.29, 1.82) is 0 Å². The summed E-state index contributed by atoms with van der Waals surface area (Å²) in [5.41, 5.74) is -0.412. The molecule has 1 N–H and O–H groups in total. The lowest BCUT2D eigenvalue weighted by Gasteiger charge is -2.15.